The smallest absolute Gasteiger partial charge is 0.339 e. The molecular weight excluding hydrogens is 414 g/mol. The highest BCUT2D eigenvalue weighted by molar-refractivity contribution is 7.17. The molecule has 2 heterocycles. The Kier molecular flexibility index (Phi) is 6.66. The van der Waals surface area contributed by atoms with E-state index in [9.17, 15) is 14.4 Å². The van der Waals surface area contributed by atoms with Gasteiger partial charge in [0.05, 0.1) is 23.9 Å². The number of esters is 1. The molecule has 1 aromatic carbocycles. The number of hydrogen-bond acceptors (Lipinski definition) is 6. The van der Waals surface area contributed by atoms with E-state index in [2.05, 4.69) is 10.3 Å². The first-order valence-corrected chi connectivity index (χ1v) is 10.4. The van der Waals surface area contributed by atoms with Crippen LogP contribution in [-0.2, 0) is 16.1 Å². The molecule has 29 heavy (non-hydrogen) atoms. The van der Waals surface area contributed by atoms with E-state index < -0.39 is 11.5 Å². The van der Waals surface area contributed by atoms with E-state index in [-0.39, 0.29) is 23.4 Å². The topological polar surface area (TPSA) is 90.3 Å². The first-order valence-electron chi connectivity index (χ1n) is 9.10. The highest BCUT2D eigenvalue weighted by Crippen LogP contribution is 2.22. The summed E-state index contributed by atoms with van der Waals surface area (Å²) in [6.07, 6.45) is 2.95. The lowest BCUT2D eigenvalue weighted by Gasteiger charge is -2.10. The van der Waals surface area contributed by atoms with Crippen molar-refractivity contribution in [2.45, 2.75) is 33.2 Å². The number of carbonyl (C=O) groups excluding carboxylic acids is 2. The first kappa shape index (κ1) is 21.0. The van der Waals surface area contributed by atoms with E-state index >= 15 is 0 Å². The van der Waals surface area contributed by atoms with Crippen molar-refractivity contribution in [2.24, 2.45) is 0 Å². The molecule has 152 valence electrons. The van der Waals surface area contributed by atoms with Gasteiger partial charge >= 0.3 is 5.97 Å². The third-order valence-electron chi connectivity index (χ3n) is 4.29. The Labute approximate surface area is 176 Å². The number of aryl methyl sites for hydroxylation is 1. The molecule has 0 spiro atoms. The van der Waals surface area contributed by atoms with Gasteiger partial charge in [-0.15, -0.1) is 11.3 Å². The molecule has 0 fully saturated rings. The zero-order valence-corrected chi connectivity index (χ0v) is 17.6. The molecule has 0 unspecified atom stereocenters. The maximum absolute atomic E-state index is 12.9. The fraction of sp³-hybridized carbons (Fsp3) is 0.300. The van der Waals surface area contributed by atoms with Gasteiger partial charge in [-0.1, -0.05) is 24.9 Å². The van der Waals surface area contributed by atoms with Crippen LogP contribution in [0.4, 0.5) is 5.69 Å². The number of fused-ring (bicyclic) bond motifs is 1. The molecule has 2 aromatic heterocycles. The highest BCUT2D eigenvalue weighted by Gasteiger charge is 2.19. The van der Waals surface area contributed by atoms with E-state index in [1.807, 2.05) is 13.8 Å². The molecule has 3 rings (SSSR count). The number of ether oxygens (including phenoxy) is 1. The van der Waals surface area contributed by atoms with Gasteiger partial charge in [-0.3, -0.25) is 14.2 Å². The molecule has 1 N–H and O–H groups in total. The quantitative estimate of drug-likeness (QED) is 0.449. The third kappa shape index (κ3) is 4.83. The summed E-state index contributed by atoms with van der Waals surface area (Å²) in [6.45, 7) is 3.88. The summed E-state index contributed by atoms with van der Waals surface area (Å²) in [7, 11) is 0. The lowest BCUT2D eigenvalue weighted by Crippen LogP contribution is -2.28. The Morgan fingerprint density at radius 1 is 1.34 bits per heavy atom. The van der Waals surface area contributed by atoms with Crippen LogP contribution in [0.25, 0.3) is 10.2 Å². The molecule has 0 aliphatic heterocycles. The predicted molar refractivity (Wildman–Crippen MR) is 114 cm³/mol. The Morgan fingerprint density at radius 2 is 2.14 bits per heavy atom. The Bertz CT molecular complexity index is 1120. The molecule has 0 radical (unpaired) electrons. The molecule has 1 amide bonds. The molecule has 0 aliphatic carbocycles. The largest absolute Gasteiger partial charge is 0.462 e. The van der Waals surface area contributed by atoms with Crippen LogP contribution < -0.4 is 10.9 Å². The molecule has 7 nitrogen and oxygen atoms in total. The number of nitrogens with zero attached hydrogens (tertiary/aromatic N) is 2. The summed E-state index contributed by atoms with van der Waals surface area (Å²) in [5, 5.41) is 5.06. The number of unbranched alkanes of at least 4 members (excludes halogenated alkanes) is 1. The fourth-order valence-electron chi connectivity index (χ4n) is 2.73. The summed E-state index contributed by atoms with van der Waals surface area (Å²) in [4.78, 5) is 42.2. The van der Waals surface area contributed by atoms with Crippen LogP contribution in [0.2, 0.25) is 5.02 Å². The number of carbonyl (C=O) groups is 2. The monoisotopic (exact) mass is 433 g/mol. The highest BCUT2D eigenvalue weighted by atomic mass is 35.5. The van der Waals surface area contributed by atoms with Crippen LogP contribution in [0.5, 0.6) is 0 Å². The predicted octanol–water partition coefficient (Wildman–Crippen LogP) is 4.02. The second-order valence-electron chi connectivity index (χ2n) is 6.50. The summed E-state index contributed by atoms with van der Waals surface area (Å²) in [6, 6.07) is 5.10. The molecule has 0 aliphatic rings. The van der Waals surface area contributed by atoms with E-state index in [1.54, 1.807) is 23.6 Å². The minimum absolute atomic E-state index is 0.175. The fourth-order valence-corrected chi connectivity index (χ4v) is 3.82. The standard InChI is InChI=1S/C20H20ClN3O4S/c1-3-4-7-28-20(27)14-10-29-18-17(14)19(26)24(11-22-18)9-16(25)23-15-6-5-13(21)8-12(15)2/h5-6,8,10-11H,3-4,7,9H2,1-2H3,(H,23,25). The number of aromatic nitrogens is 2. The van der Waals surface area contributed by atoms with Crippen molar-refractivity contribution in [1.29, 1.82) is 0 Å². The van der Waals surface area contributed by atoms with Gasteiger partial charge in [0.15, 0.2) is 0 Å². The van der Waals surface area contributed by atoms with Crippen LogP contribution in [-0.4, -0.2) is 28.0 Å². The normalized spacial score (nSPS) is 10.9. The lowest BCUT2D eigenvalue weighted by atomic mass is 10.2. The minimum atomic E-state index is -0.553. The van der Waals surface area contributed by atoms with Crippen LogP contribution in [0.1, 0.15) is 35.7 Å². The molecule has 0 bridgehead atoms. The van der Waals surface area contributed by atoms with Crippen LogP contribution >= 0.6 is 22.9 Å². The zero-order valence-electron chi connectivity index (χ0n) is 16.0. The number of hydrogen-bond donors (Lipinski definition) is 1. The van der Waals surface area contributed by atoms with Crippen molar-refractivity contribution >= 4 is 50.7 Å². The van der Waals surface area contributed by atoms with Crippen molar-refractivity contribution in [1.82, 2.24) is 9.55 Å². The molecular formula is C20H20ClN3O4S. The third-order valence-corrected chi connectivity index (χ3v) is 5.41. The second kappa shape index (κ2) is 9.19. The molecule has 0 saturated heterocycles. The van der Waals surface area contributed by atoms with Gasteiger partial charge < -0.3 is 10.1 Å². The van der Waals surface area contributed by atoms with Gasteiger partial charge in [0.1, 0.15) is 11.4 Å². The average Bonchev–Trinajstić information content (AvgIpc) is 3.11. The van der Waals surface area contributed by atoms with Crippen molar-refractivity contribution < 1.29 is 14.3 Å². The molecule has 0 saturated carbocycles. The molecule has 0 atom stereocenters. The molecule has 3 aromatic rings. The van der Waals surface area contributed by atoms with Crippen LogP contribution in [0.15, 0.2) is 34.7 Å². The number of amides is 1. The molecule has 9 heteroatoms. The number of anilines is 1. The van der Waals surface area contributed by atoms with Gasteiger partial charge in [-0.05, 0) is 37.1 Å². The Hall–Kier alpha value is -2.71. The van der Waals surface area contributed by atoms with Gasteiger partial charge in [0.25, 0.3) is 5.56 Å². The minimum Gasteiger partial charge on any atom is -0.462 e. The van der Waals surface area contributed by atoms with Gasteiger partial charge in [-0.2, -0.15) is 0 Å². The number of benzene rings is 1. The van der Waals surface area contributed by atoms with Crippen molar-refractivity contribution in [3.05, 3.63) is 56.4 Å². The Morgan fingerprint density at radius 3 is 2.86 bits per heavy atom. The summed E-state index contributed by atoms with van der Waals surface area (Å²) in [5.74, 6) is -0.941. The van der Waals surface area contributed by atoms with E-state index in [4.69, 9.17) is 16.3 Å². The van der Waals surface area contributed by atoms with E-state index in [0.717, 1.165) is 18.4 Å². The number of rotatable bonds is 7. The van der Waals surface area contributed by atoms with Crippen LogP contribution in [0, 0.1) is 6.92 Å². The van der Waals surface area contributed by atoms with Gasteiger partial charge in [-0.25, -0.2) is 9.78 Å². The number of halogens is 1. The summed E-state index contributed by atoms with van der Waals surface area (Å²) in [5.41, 5.74) is 1.14. The Balaban J connectivity index is 1.82. The maximum atomic E-state index is 12.9. The van der Waals surface area contributed by atoms with Crippen LogP contribution in [0.3, 0.4) is 0 Å². The maximum Gasteiger partial charge on any atom is 0.339 e. The lowest BCUT2D eigenvalue weighted by molar-refractivity contribution is -0.116. The SMILES string of the molecule is CCCCOC(=O)c1csc2ncn(CC(=O)Nc3ccc(Cl)cc3C)c(=O)c12. The van der Waals surface area contributed by atoms with Crippen molar-refractivity contribution in [3.8, 4) is 0 Å². The summed E-state index contributed by atoms with van der Waals surface area (Å²) < 4.78 is 6.39. The summed E-state index contributed by atoms with van der Waals surface area (Å²) >= 11 is 7.12. The van der Waals surface area contributed by atoms with E-state index in [1.165, 1.54) is 22.2 Å². The van der Waals surface area contributed by atoms with E-state index in [0.29, 0.717) is 22.1 Å². The second-order valence-corrected chi connectivity index (χ2v) is 7.80. The average molecular weight is 434 g/mol. The first-order chi connectivity index (χ1) is 13.9. The zero-order chi connectivity index (χ0) is 21.0. The number of nitrogens with one attached hydrogen (secondary N) is 1. The number of thiophene rings is 1. The van der Waals surface area contributed by atoms with Gasteiger partial charge in [0.2, 0.25) is 5.91 Å². The van der Waals surface area contributed by atoms with Gasteiger partial charge in [0, 0.05) is 16.1 Å². The van der Waals surface area contributed by atoms with Crippen molar-refractivity contribution in [2.75, 3.05) is 11.9 Å². The van der Waals surface area contributed by atoms with Crippen molar-refractivity contribution in [3.63, 3.8) is 0 Å².